The molecule has 0 aliphatic rings. The molecule has 1 amide bonds. The number of ether oxygens (including phenoxy) is 2. The Kier molecular flexibility index (Phi) is 5.19. The van der Waals surface area contributed by atoms with Crippen LogP contribution in [0.15, 0.2) is 18.2 Å². The van der Waals surface area contributed by atoms with Crippen molar-refractivity contribution in [3.05, 3.63) is 18.2 Å². The monoisotopic (exact) mass is 262 g/mol. The van der Waals surface area contributed by atoms with Gasteiger partial charge in [-0.2, -0.15) is 5.26 Å². The van der Waals surface area contributed by atoms with Crippen molar-refractivity contribution in [1.82, 2.24) is 0 Å². The fourth-order valence-corrected chi connectivity index (χ4v) is 1.63. The summed E-state index contributed by atoms with van der Waals surface area (Å²) >= 11 is 0. The summed E-state index contributed by atoms with van der Waals surface area (Å²) in [5.74, 6) is 0.0327. The van der Waals surface area contributed by atoms with Crippen LogP contribution in [0.3, 0.4) is 0 Å². The number of nitrogens with one attached hydrogen (secondary N) is 1. The minimum atomic E-state index is -0.698. The van der Waals surface area contributed by atoms with E-state index < -0.39 is 5.92 Å². The fraction of sp³-hybridized carbons (Fsp3) is 0.429. The molecule has 1 aromatic rings. The number of carbonyl (C=O) groups is 1. The Morgan fingerprint density at radius 2 is 2.00 bits per heavy atom. The van der Waals surface area contributed by atoms with Crippen LogP contribution in [0.1, 0.15) is 13.8 Å². The van der Waals surface area contributed by atoms with E-state index in [1.54, 1.807) is 25.3 Å². The van der Waals surface area contributed by atoms with Gasteiger partial charge in [-0.25, -0.2) is 0 Å². The van der Waals surface area contributed by atoms with Crippen LogP contribution >= 0.6 is 0 Å². The van der Waals surface area contributed by atoms with Crippen LogP contribution in [0.4, 0.5) is 5.69 Å². The van der Waals surface area contributed by atoms with E-state index in [4.69, 9.17) is 14.7 Å². The van der Waals surface area contributed by atoms with Crippen LogP contribution in [0.25, 0.3) is 0 Å². The Morgan fingerprint density at radius 1 is 1.32 bits per heavy atom. The molecule has 1 aromatic carbocycles. The summed E-state index contributed by atoms with van der Waals surface area (Å²) < 4.78 is 10.3. The number of methoxy groups -OCH3 is 2. The topological polar surface area (TPSA) is 71.3 Å². The van der Waals surface area contributed by atoms with Crippen molar-refractivity contribution in [3.63, 3.8) is 0 Å². The lowest BCUT2D eigenvalue weighted by atomic mass is 9.96. The molecule has 0 heterocycles. The number of anilines is 1. The third-order valence-corrected chi connectivity index (χ3v) is 2.75. The average molecular weight is 262 g/mol. The highest BCUT2D eigenvalue weighted by Gasteiger charge is 2.22. The maximum absolute atomic E-state index is 12.0. The van der Waals surface area contributed by atoms with Gasteiger partial charge in [0.15, 0.2) is 0 Å². The van der Waals surface area contributed by atoms with Crippen LogP contribution in [-0.2, 0) is 4.79 Å². The zero-order valence-corrected chi connectivity index (χ0v) is 11.6. The molecule has 1 rings (SSSR count). The second kappa shape index (κ2) is 6.64. The Hall–Kier alpha value is -2.22. The van der Waals surface area contributed by atoms with Gasteiger partial charge in [0.05, 0.1) is 26.0 Å². The maximum atomic E-state index is 12.0. The third-order valence-electron chi connectivity index (χ3n) is 2.75. The van der Waals surface area contributed by atoms with Crippen LogP contribution in [0.2, 0.25) is 0 Å². The lowest BCUT2D eigenvalue weighted by Gasteiger charge is -2.15. The molecule has 5 heteroatoms. The van der Waals surface area contributed by atoms with Crippen LogP contribution in [0.5, 0.6) is 11.5 Å². The van der Waals surface area contributed by atoms with Gasteiger partial charge in [-0.15, -0.1) is 0 Å². The largest absolute Gasteiger partial charge is 0.497 e. The molecule has 1 N–H and O–H groups in total. The van der Waals surface area contributed by atoms with E-state index in [2.05, 4.69) is 5.32 Å². The molecule has 0 radical (unpaired) electrons. The summed E-state index contributed by atoms with van der Waals surface area (Å²) in [5.41, 5.74) is 0.493. The number of carbonyl (C=O) groups excluding carboxylic acids is 1. The molecule has 0 fully saturated rings. The van der Waals surface area contributed by atoms with E-state index in [0.717, 1.165) is 0 Å². The summed E-state index contributed by atoms with van der Waals surface area (Å²) in [5, 5.41) is 11.7. The standard InChI is InChI=1S/C14H18N2O3/c1-9(2)11(8-15)14(17)16-12-7-10(18-3)5-6-13(12)19-4/h5-7,9,11H,1-4H3,(H,16,17). The van der Waals surface area contributed by atoms with E-state index in [9.17, 15) is 4.79 Å². The number of amides is 1. The molecule has 0 bridgehead atoms. The predicted octanol–water partition coefficient (Wildman–Crippen LogP) is 2.44. The number of nitriles is 1. The first-order chi connectivity index (χ1) is 9.03. The van der Waals surface area contributed by atoms with Crippen molar-refractivity contribution in [2.24, 2.45) is 11.8 Å². The Morgan fingerprint density at radius 3 is 2.47 bits per heavy atom. The van der Waals surface area contributed by atoms with Crippen LogP contribution < -0.4 is 14.8 Å². The first kappa shape index (κ1) is 14.8. The summed E-state index contributed by atoms with van der Waals surface area (Å²) in [6, 6.07) is 7.10. The zero-order chi connectivity index (χ0) is 14.4. The van der Waals surface area contributed by atoms with Crippen LogP contribution in [-0.4, -0.2) is 20.1 Å². The van der Waals surface area contributed by atoms with Gasteiger partial charge < -0.3 is 14.8 Å². The van der Waals surface area contributed by atoms with Gasteiger partial charge >= 0.3 is 0 Å². The van der Waals surface area contributed by atoms with Gasteiger partial charge in [-0.05, 0) is 18.1 Å². The van der Waals surface area contributed by atoms with Gasteiger partial charge in [0, 0.05) is 6.07 Å². The first-order valence-corrected chi connectivity index (χ1v) is 5.96. The number of hydrogen-bond donors (Lipinski definition) is 1. The number of hydrogen-bond acceptors (Lipinski definition) is 4. The molecular weight excluding hydrogens is 244 g/mol. The Labute approximate surface area is 113 Å². The summed E-state index contributed by atoms with van der Waals surface area (Å²) in [6.07, 6.45) is 0. The molecule has 0 saturated heterocycles. The third kappa shape index (κ3) is 3.62. The molecule has 1 unspecified atom stereocenters. The van der Waals surface area contributed by atoms with E-state index in [1.807, 2.05) is 19.9 Å². The fourth-order valence-electron chi connectivity index (χ4n) is 1.63. The molecule has 5 nitrogen and oxygen atoms in total. The normalized spacial score (nSPS) is 11.6. The molecule has 19 heavy (non-hydrogen) atoms. The van der Waals surface area contributed by atoms with E-state index in [0.29, 0.717) is 17.2 Å². The highest BCUT2D eigenvalue weighted by Crippen LogP contribution is 2.29. The summed E-state index contributed by atoms with van der Waals surface area (Å²) in [4.78, 5) is 12.0. The molecule has 0 aromatic heterocycles. The lowest BCUT2D eigenvalue weighted by molar-refractivity contribution is -0.119. The average Bonchev–Trinajstić information content (AvgIpc) is 2.38. The Balaban J connectivity index is 2.98. The van der Waals surface area contributed by atoms with Crippen LogP contribution in [0, 0.1) is 23.2 Å². The smallest absolute Gasteiger partial charge is 0.242 e. The number of rotatable bonds is 5. The van der Waals surface area contributed by atoms with Crippen molar-refractivity contribution in [2.75, 3.05) is 19.5 Å². The van der Waals surface area contributed by atoms with E-state index in [-0.39, 0.29) is 11.8 Å². The molecule has 1 atom stereocenters. The van der Waals surface area contributed by atoms with Gasteiger partial charge in [0.2, 0.25) is 5.91 Å². The highest BCUT2D eigenvalue weighted by atomic mass is 16.5. The highest BCUT2D eigenvalue weighted by molar-refractivity contribution is 5.95. The SMILES string of the molecule is COc1ccc(OC)c(NC(=O)C(C#N)C(C)C)c1. The minimum Gasteiger partial charge on any atom is -0.497 e. The molecule has 0 saturated carbocycles. The second-order valence-corrected chi connectivity index (χ2v) is 4.41. The second-order valence-electron chi connectivity index (χ2n) is 4.41. The quantitative estimate of drug-likeness (QED) is 0.884. The van der Waals surface area contributed by atoms with Crippen molar-refractivity contribution < 1.29 is 14.3 Å². The van der Waals surface area contributed by atoms with Crippen molar-refractivity contribution >= 4 is 11.6 Å². The lowest BCUT2D eigenvalue weighted by Crippen LogP contribution is -2.25. The van der Waals surface area contributed by atoms with Gasteiger partial charge in [0.25, 0.3) is 0 Å². The van der Waals surface area contributed by atoms with Crippen molar-refractivity contribution in [1.29, 1.82) is 5.26 Å². The Bertz CT molecular complexity index is 492. The summed E-state index contributed by atoms with van der Waals surface area (Å²) in [7, 11) is 3.06. The van der Waals surface area contributed by atoms with Gasteiger partial charge in [0.1, 0.15) is 17.4 Å². The molecule has 0 aliphatic heterocycles. The van der Waals surface area contributed by atoms with Gasteiger partial charge in [-0.3, -0.25) is 4.79 Å². The van der Waals surface area contributed by atoms with Crippen molar-refractivity contribution in [2.45, 2.75) is 13.8 Å². The number of nitrogens with zero attached hydrogens (tertiary/aromatic N) is 1. The summed E-state index contributed by atoms with van der Waals surface area (Å²) in [6.45, 7) is 3.66. The van der Waals surface area contributed by atoms with E-state index >= 15 is 0 Å². The van der Waals surface area contributed by atoms with Crippen molar-refractivity contribution in [3.8, 4) is 17.6 Å². The minimum absolute atomic E-state index is 0.0541. The molecule has 0 aliphatic carbocycles. The molecular formula is C14H18N2O3. The van der Waals surface area contributed by atoms with E-state index in [1.165, 1.54) is 7.11 Å². The first-order valence-electron chi connectivity index (χ1n) is 5.96. The maximum Gasteiger partial charge on any atom is 0.242 e. The number of benzene rings is 1. The molecule has 0 spiro atoms. The van der Waals surface area contributed by atoms with Gasteiger partial charge in [-0.1, -0.05) is 13.8 Å². The zero-order valence-electron chi connectivity index (χ0n) is 11.6. The molecule has 102 valence electrons. The predicted molar refractivity (Wildman–Crippen MR) is 72.1 cm³/mol.